The number of nitrogens with zero attached hydrogens (tertiary/aromatic N) is 2. The van der Waals surface area contributed by atoms with Crippen LogP contribution in [0.15, 0.2) is 34.8 Å². The molecule has 4 heteroatoms. The van der Waals surface area contributed by atoms with Gasteiger partial charge in [-0.3, -0.25) is 4.68 Å². The van der Waals surface area contributed by atoms with E-state index in [1.165, 1.54) is 0 Å². The van der Waals surface area contributed by atoms with E-state index in [4.69, 9.17) is 0 Å². The van der Waals surface area contributed by atoms with E-state index in [2.05, 4.69) is 34.0 Å². The molecule has 0 fully saturated rings. The van der Waals surface area contributed by atoms with E-state index in [1.54, 1.807) is 0 Å². The summed E-state index contributed by atoms with van der Waals surface area (Å²) in [6, 6.07) is 10.1. The minimum Gasteiger partial charge on any atom is -0.392 e. The lowest BCUT2D eigenvalue weighted by molar-refractivity contribution is 0.172. The number of benzene rings is 1. The molecule has 1 N–H and O–H groups in total. The molecule has 102 valence electrons. The average molecular weight is 323 g/mol. The van der Waals surface area contributed by atoms with E-state index in [1.807, 2.05) is 36.0 Å². The second-order valence-electron chi connectivity index (χ2n) is 4.76. The molecule has 1 unspecified atom stereocenters. The smallest absolute Gasteiger partial charge is 0.0636 e. The van der Waals surface area contributed by atoms with Gasteiger partial charge in [-0.25, -0.2) is 0 Å². The van der Waals surface area contributed by atoms with Crippen molar-refractivity contribution in [2.45, 2.75) is 32.3 Å². The molecule has 0 bridgehead atoms. The van der Waals surface area contributed by atoms with Crippen molar-refractivity contribution in [2.75, 3.05) is 0 Å². The van der Waals surface area contributed by atoms with Gasteiger partial charge in [-0.2, -0.15) is 5.10 Å². The first-order valence-electron chi connectivity index (χ1n) is 6.53. The van der Waals surface area contributed by atoms with Gasteiger partial charge in [0.2, 0.25) is 0 Å². The predicted molar refractivity (Wildman–Crippen MR) is 80.1 cm³/mol. The van der Waals surface area contributed by atoms with Gasteiger partial charge in [-0.15, -0.1) is 0 Å². The first kappa shape index (κ1) is 14.3. The predicted octanol–water partition coefficient (Wildman–Crippen LogP) is 2.89. The molecule has 2 rings (SSSR count). The molecule has 0 aliphatic rings. The lowest BCUT2D eigenvalue weighted by Gasteiger charge is -2.12. The van der Waals surface area contributed by atoms with Crippen LogP contribution >= 0.6 is 15.9 Å². The number of halogens is 1. The summed E-state index contributed by atoms with van der Waals surface area (Å²) in [5.74, 6) is 0. The second-order valence-corrected chi connectivity index (χ2v) is 5.61. The quantitative estimate of drug-likeness (QED) is 0.919. The Bertz CT molecular complexity index is 551. The van der Waals surface area contributed by atoms with Crippen LogP contribution in [0.25, 0.3) is 0 Å². The zero-order valence-corrected chi connectivity index (χ0v) is 12.9. The molecule has 0 saturated carbocycles. The Labute approximate surface area is 122 Å². The standard InChI is InChI=1S/C15H19BrN2O/c1-3-12-9-13(18(2)17-12)10-14(19)8-11-6-4-5-7-15(11)16/h4-7,9,14,19H,3,8,10H2,1-2H3. The molecule has 1 aromatic heterocycles. The number of aliphatic hydroxyl groups is 1. The van der Waals surface area contributed by atoms with Gasteiger partial charge in [-0.05, 0) is 30.5 Å². The van der Waals surface area contributed by atoms with Gasteiger partial charge >= 0.3 is 0 Å². The van der Waals surface area contributed by atoms with Crippen LogP contribution < -0.4 is 0 Å². The Morgan fingerprint density at radius 1 is 1.32 bits per heavy atom. The Morgan fingerprint density at radius 2 is 2.05 bits per heavy atom. The van der Waals surface area contributed by atoms with Crippen LogP contribution in [0.1, 0.15) is 23.9 Å². The summed E-state index contributed by atoms with van der Waals surface area (Å²) in [4.78, 5) is 0. The summed E-state index contributed by atoms with van der Waals surface area (Å²) in [6.07, 6.45) is 1.81. The van der Waals surface area contributed by atoms with Crippen LogP contribution in [0.3, 0.4) is 0 Å². The number of hydrogen-bond acceptors (Lipinski definition) is 2. The van der Waals surface area contributed by atoms with Gasteiger partial charge in [-0.1, -0.05) is 41.1 Å². The third-order valence-electron chi connectivity index (χ3n) is 3.25. The van der Waals surface area contributed by atoms with Crippen molar-refractivity contribution in [1.29, 1.82) is 0 Å². The summed E-state index contributed by atoms with van der Waals surface area (Å²) in [7, 11) is 1.93. The highest BCUT2D eigenvalue weighted by atomic mass is 79.9. The normalized spacial score (nSPS) is 12.6. The maximum absolute atomic E-state index is 10.2. The fourth-order valence-corrected chi connectivity index (χ4v) is 2.61. The molecule has 2 aromatic rings. The molecule has 1 atom stereocenters. The number of aromatic nitrogens is 2. The molecule has 19 heavy (non-hydrogen) atoms. The second kappa shape index (κ2) is 6.35. The summed E-state index contributed by atoms with van der Waals surface area (Å²) in [5, 5.41) is 14.6. The van der Waals surface area contributed by atoms with Crippen molar-refractivity contribution in [2.24, 2.45) is 7.05 Å². The first-order valence-corrected chi connectivity index (χ1v) is 7.32. The van der Waals surface area contributed by atoms with Crippen LogP contribution in [0.4, 0.5) is 0 Å². The third-order valence-corrected chi connectivity index (χ3v) is 4.02. The highest BCUT2D eigenvalue weighted by molar-refractivity contribution is 9.10. The number of aryl methyl sites for hydroxylation is 2. The zero-order chi connectivity index (χ0) is 13.8. The van der Waals surface area contributed by atoms with E-state index in [-0.39, 0.29) is 6.10 Å². The minimum atomic E-state index is -0.390. The molecule has 1 heterocycles. The molecular formula is C15H19BrN2O. The highest BCUT2D eigenvalue weighted by Crippen LogP contribution is 2.19. The van der Waals surface area contributed by atoms with Gasteiger partial charge in [0.15, 0.2) is 0 Å². The van der Waals surface area contributed by atoms with Crippen LogP contribution in [0, 0.1) is 0 Å². The molecular weight excluding hydrogens is 304 g/mol. The van der Waals surface area contributed by atoms with E-state index in [0.717, 1.165) is 27.8 Å². The van der Waals surface area contributed by atoms with Crippen molar-refractivity contribution in [3.05, 3.63) is 51.8 Å². The maximum atomic E-state index is 10.2. The lowest BCUT2D eigenvalue weighted by Crippen LogP contribution is -2.16. The highest BCUT2D eigenvalue weighted by Gasteiger charge is 2.12. The molecule has 0 aliphatic carbocycles. The van der Waals surface area contributed by atoms with E-state index >= 15 is 0 Å². The minimum absolute atomic E-state index is 0.390. The molecule has 0 amide bonds. The molecule has 0 radical (unpaired) electrons. The van der Waals surface area contributed by atoms with E-state index in [9.17, 15) is 5.11 Å². The van der Waals surface area contributed by atoms with E-state index in [0.29, 0.717) is 12.8 Å². The lowest BCUT2D eigenvalue weighted by atomic mass is 10.0. The van der Waals surface area contributed by atoms with Gasteiger partial charge < -0.3 is 5.11 Å². The number of aliphatic hydroxyl groups excluding tert-OH is 1. The van der Waals surface area contributed by atoms with Crippen LogP contribution in [0.2, 0.25) is 0 Å². The molecule has 0 spiro atoms. The van der Waals surface area contributed by atoms with Crippen molar-refractivity contribution in [3.8, 4) is 0 Å². The Balaban J connectivity index is 2.03. The van der Waals surface area contributed by atoms with Gasteiger partial charge in [0.05, 0.1) is 11.8 Å². The van der Waals surface area contributed by atoms with Crippen molar-refractivity contribution in [3.63, 3.8) is 0 Å². The largest absolute Gasteiger partial charge is 0.392 e. The topological polar surface area (TPSA) is 38.0 Å². The summed E-state index contributed by atoms with van der Waals surface area (Å²) >= 11 is 3.51. The summed E-state index contributed by atoms with van der Waals surface area (Å²) in [6.45, 7) is 2.09. The zero-order valence-electron chi connectivity index (χ0n) is 11.3. The average Bonchev–Trinajstić information content (AvgIpc) is 2.73. The van der Waals surface area contributed by atoms with Crippen LogP contribution in [0.5, 0.6) is 0 Å². The summed E-state index contributed by atoms with van der Waals surface area (Å²) in [5.41, 5.74) is 3.29. The molecule has 0 saturated heterocycles. The summed E-state index contributed by atoms with van der Waals surface area (Å²) < 4.78 is 2.91. The Hall–Kier alpha value is -1.13. The number of hydrogen-bond donors (Lipinski definition) is 1. The monoisotopic (exact) mass is 322 g/mol. The van der Waals surface area contributed by atoms with Crippen molar-refractivity contribution >= 4 is 15.9 Å². The Kier molecular flexibility index (Phi) is 4.77. The van der Waals surface area contributed by atoms with Gasteiger partial charge in [0, 0.05) is 23.6 Å². The van der Waals surface area contributed by atoms with Gasteiger partial charge in [0.1, 0.15) is 0 Å². The van der Waals surface area contributed by atoms with Gasteiger partial charge in [0.25, 0.3) is 0 Å². The first-order chi connectivity index (χ1) is 9.10. The van der Waals surface area contributed by atoms with Crippen LogP contribution in [-0.4, -0.2) is 21.0 Å². The van der Waals surface area contributed by atoms with E-state index < -0.39 is 0 Å². The molecule has 1 aromatic carbocycles. The number of rotatable bonds is 5. The fraction of sp³-hybridized carbons (Fsp3) is 0.400. The van der Waals surface area contributed by atoms with Crippen molar-refractivity contribution in [1.82, 2.24) is 9.78 Å². The van der Waals surface area contributed by atoms with Crippen molar-refractivity contribution < 1.29 is 5.11 Å². The third kappa shape index (κ3) is 3.67. The fourth-order valence-electron chi connectivity index (χ4n) is 2.17. The Morgan fingerprint density at radius 3 is 2.68 bits per heavy atom. The maximum Gasteiger partial charge on any atom is 0.0636 e. The van der Waals surface area contributed by atoms with Crippen LogP contribution in [-0.2, 0) is 26.3 Å². The molecule has 3 nitrogen and oxygen atoms in total. The molecule has 0 aliphatic heterocycles. The SMILES string of the molecule is CCc1cc(CC(O)Cc2ccccc2Br)n(C)n1.